The van der Waals surface area contributed by atoms with E-state index in [0.29, 0.717) is 11.7 Å². The van der Waals surface area contributed by atoms with Crippen LogP contribution in [0.3, 0.4) is 0 Å². The van der Waals surface area contributed by atoms with Crippen molar-refractivity contribution in [3.8, 4) is 0 Å². The number of hydrogen-bond donors (Lipinski definition) is 0. The molecule has 1 saturated heterocycles. The summed E-state index contributed by atoms with van der Waals surface area (Å²) in [6.07, 6.45) is 0.0161. The molecule has 1 fully saturated rings. The van der Waals surface area contributed by atoms with E-state index in [1.807, 2.05) is 19.9 Å². The molecule has 0 radical (unpaired) electrons. The molecule has 0 N–H and O–H groups in total. The van der Waals surface area contributed by atoms with Crippen molar-refractivity contribution in [3.63, 3.8) is 0 Å². The van der Waals surface area contributed by atoms with Crippen LogP contribution in [0.2, 0.25) is 0 Å². The van der Waals surface area contributed by atoms with Gasteiger partial charge in [-0.1, -0.05) is 13.8 Å². The van der Waals surface area contributed by atoms with Gasteiger partial charge in [0.1, 0.15) is 5.82 Å². The average Bonchev–Trinajstić information content (AvgIpc) is 2.69. The second-order valence-electron chi connectivity index (χ2n) is 4.40. The van der Waals surface area contributed by atoms with E-state index in [-0.39, 0.29) is 24.7 Å². The molecule has 5 heteroatoms. The van der Waals surface area contributed by atoms with Crippen molar-refractivity contribution >= 4 is 17.5 Å². The van der Waals surface area contributed by atoms with Gasteiger partial charge in [-0.2, -0.15) is 5.10 Å². The molecule has 1 aromatic heterocycles. The molecule has 2 rings (SSSR count). The predicted octanol–water partition coefficient (Wildman–Crippen LogP) is 0.849. The fourth-order valence-corrected chi connectivity index (χ4v) is 1.81. The lowest BCUT2D eigenvalue weighted by atomic mass is 10.1. The van der Waals surface area contributed by atoms with Crippen molar-refractivity contribution in [2.24, 2.45) is 7.05 Å². The fraction of sp³-hybridized carbons (Fsp3) is 0.545. The van der Waals surface area contributed by atoms with Crippen LogP contribution in [0, 0.1) is 0 Å². The van der Waals surface area contributed by atoms with Crippen molar-refractivity contribution in [1.29, 1.82) is 0 Å². The standard InChI is InChI=1S/C11H15N3O2/c1-7(2)9-5-10(13(3)12-9)14-6-8(15)4-11(14)16/h5,7H,4,6H2,1-3H3. The first-order valence-electron chi connectivity index (χ1n) is 5.35. The van der Waals surface area contributed by atoms with Crippen molar-refractivity contribution in [2.45, 2.75) is 26.2 Å². The Morgan fingerprint density at radius 3 is 2.50 bits per heavy atom. The summed E-state index contributed by atoms with van der Waals surface area (Å²) >= 11 is 0. The van der Waals surface area contributed by atoms with Crippen molar-refractivity contribution in [1.82, 2.24) is 9.78 Å². The number of hydrogen-bond acceptors (Lipinski definition) is 3. The van der Waals surface area contributed by atoms with E-state index in [2.05, 4.69) is 5.10 Å². The summed E-state index contributed by atoms with van der Waals surface area (Å²) in [7, 11) is 1.79. The number of Topliss-reactive ketones (excluding diaryl/α,β-unsaturated/α-hetero) is 1. The Morgan fingerprint density at radius 1 is 1.38 bits per heavy atom. The molecule has 1 aliphatic heterocycles. The smallest absolute Gasteiger partial charge is 0.236 e. The number of nitrogens with zero attached hydrogens (tertiary/aromatic N) is 3. The van der Waals surface area contributed by atoms with Gasteiger partial charge < -0.3 is 0 Å². The molecule has 0 aliphatic carbocycles. The lowest BCUT2D eigenvalue weighted by molar-refractivity contribution is -0.121. The van der Waals surface area contributed by atoms with E-state index in [4.69, 9.17) is 0 Å². The highest BCUT2D eigenvalue weighted by molar-refractivity contribution is 6.14. The number of amides is 1. The number of anilines is 1. The van der Waals surface area contributed by atoms with Gasteiger partial charge in [-0.25, -0.2) is 0 Å². The third kappa shape index (κ3) is 1.73. The summed E-state index contributed by atoms with van der Waals surface area (Å²) < 4.78 is 1.66. The van der Waals surface area contributed by atoms with Crippen LogP contribution in [0.15, 0.2) is 6.07 Å². The largest absolute Gasteiger partial charge is 0.297 e. The highest BCUT2D eigenvalue weighted by atomic mass is 16.2. The molecule has 16 heavy (non-hydrogen) atoms. The Morgan fingerprint density at radius 2 is 2.06 bits per heavy atom. The van der Waals surface area contributed by atoms with E-state index >= 15 is 0 Å². The summed E-state index contributed by atoms with van der Waals surface area (Å²) in [6.45, 7) is 4.27. The van der Waals surface area contributed by atoms with Gasteiger partial charge in [-0.3, -0.25) is 19.2 Å². The molecule has 0 bridgehead atoms. The van der Waals surface area contributed by atoms with Crippen LogP contribution in [0.5, 0.6) is 0 Å². The normalized spacial score (nSPS) is 16.6. The molecule has 0 unspecified atom stereocenters. The third-order valence-electron chi connectivity index (χ3n) is 2.73. The Labute approximate surface area is 94.0 Å². The van der Waals surface area contributed by atoms with Gasteiger partial charge in [-0.15, -0.1) is 0 Å². The molecule has 2 heterocycles. The SMILES string of the molecule is CC(C)c1cc(N2CC(=O)CC2=O)n(C)n1. The van der Waals surface area contributed by atoms with Crippen LogP contribution in [-0.2, 0) is 16.6 Å². The fourth-order valence-electron chi connectivity index (χ4n) is 1.81. The maximum absolute atomic E-state index is 11.6. The molecule has 0 atom stereocenters. The zero-order chi connectivity index (χ0) is 11.9. The number of carbonyl (C=O) groups is 2. The Balaban J connectivity index is 2.33. The van der Waals surface area contributed by atoms with Crippen molar-refractivity contribution in [2.75, 3.05) is 11.4 Å². The predicted molar refractivity (Wildman–Crippen MR) is 59.3 cm³/mol. The van der Waals surface area contributed by atoms with Gasteiger partial charge in [0, 0.05) is 13.1 Å². The van der Waals surface area contributed by atoms with E-state index in [0.717, 1.165) is 5.69 Å². The molecule has 1 aliphatic rings. The number of aromatic nitrogens is 2. The molecule has 1 amide bonds. The molecule has 0 aromatic carbocycles. The summed E-state index contributed by atoms with van der Waals surface area (Å²) in [5.74, 6) is 0.855. The molecule has 5 nitrogen and oxygen atoms in total. The molecule has 0 spiro atoms. The maximum atomic E-state index is 11.6. The van der Waals surface area contributed by atoms with E-state index in [9.17, 15) is 9.59 Å². The minimum atomic E-state index is -0.136. The zero-order valence-electron chi connectivity index (χ0n) is 9.73. The zero-order valence-corrected chi connectivity index (χ0v) is 9.73. The minimum absolute atomic E-state index is 0.0161. The Hall–Kier alpha value is -1.65. The average molecular weight is 221 g/mol. The molecular formula is C11H15N3O2. The lowest BCUT2D eigenvalue weighted by Gasteiger charge is -2.13. The maximum Gasteiger partial charge on any atom is 0.236 e. The van der Waals surface area contributed by atoms with Crippen LogP contribution in [-0.4, -0.2) is 28.0 Å². The van der Waals surface area contributed by atoms with Gasteiger partial charge in [-0.05, 0) is 5.92 Å². The highest BCUT2D eigenvalue weighted by Gasteiger charge is 2.30. The summed E-state index contributed by atoms with van der Waals surface area (Å²) in [4.78, 5) is 24.3. The quantitative estimate of drug-likeness (QED) is 0.696. The van der Waals surface area contributed by atoms with Gasteiger partial charge in [0.2, 0.25) is 5.91 Å². The van der Waals surface area contributed by atoms with Crippen LogP contribution < -0.4 is 4.90 Å². The van der Waals surface area contributed by atoms with E-state index in [1.165, 1.54) is 4.90 Å². The van der Waals surface area contributed by atoms with E-state index in [1.54, 1.807) is 11.7 Å². The second kappa shape index (κ2) is 3.73. The van der Waals surface area contributed by atoms with Crippen molar-refractivity contribution < 1.29 is 9.59 Å². The topological polar surface area (TPSA) is 55.2 Å². The summed E-state index contributed by atoms with van der Waals surface area (Å²) in [5, 5.41) is 4.33. The molecule has 0 saturated carbocycles. The second-order valence-corrected chi connectivity index (χ2v) is 4.40. The minimum Gasteiger partial charge on any atom is -0.297 e. The molecular weight excluding hydrogens is 206 g/mol. The van der Waals surface area contributed by atoms with Gasteiger partial charge >= 0.3 is 0 Å². The third-order valence-corrected chi connectivity index (χ3v) is 2.73. The van der Waals surface area contributed by atoms with Gasteiger partial charge in [0.15, 0.2) is 5.78 Å². The monoisotopic (exact) mass is 221 g/mol. The molecule has 1 aromatic rings. The number of carbonyl (C=O) groups excluding carboxylic acids is 2. The van der Waals surface area contributed by atoms with Gasteiger partial charge in [0.25, 0.3) is 0 Å². The van der Waals surface area contributed by atoms with Crippen LogP contribution >= 0.6 is 0 Å². The van der Waals surface area contributed by atoms with Crippen LogP contribution in [0.4, 0.5) is 5.82 Å². The first-order chi connectivity index (χ1) is 7.49. The first kappa shape index (κ1) is 10.9. The Bertz CT molecular complexity index is 448. The summed E-state index contributed by atoms with van der Waals surface area (Å²) in [5.41, 5.74) is 0.935. The van der Waals surface area contributed by atoms with Crippen molar-refractivity contribution in [3.05, 3.63) is 11.8 Å². The number of rotatable bonds is 2. The highest BCUT2D eigenvalue weighted by Crippen LogP contribution is 2.23. The lowest BCUT2D eigenvalue weighted by Crippen LogP contribution is -2.26. The number of ketones is 1. The first-order valence-corrected chi connectivity index (χ1v) is 5.35. The number of aryl methyl sites for hydroxylation is 1. The van der Waals surface area contributed by atoms with Crippen LogP contribution in [0.25, 0.3) is 0 Å². The van der Waals surface area contributed by atoms with Crippen LogP contribution in [0.1, 0.15) is 31.9 Å². The Kier molecular flexibility index (Phi) is 2.53. The summed E-state index contributed by atoms with van der Waals surface area (Å²) in [6, 6.07) is 1.88. The van der Waals surface area contributed by atoms with Gasteiger partial charge in [0.05, 0.1) is 18.7 Å². The van der Waals surface area contributed by atoms with E-state index < -0.39 is 0 Å². The molecule has 86 valence electrons.